The maximum Gasteiger partial charge on any atom is 0.271 e. The summed E-state index contributed by atoms with van der Waals surface area (Å²) < 4.78 is 0.727. The number of pyridine rings is 1. The van der Waals surface area contributed by atoms with Gasteiger partial charge < -0.3 is 15.7 Å². The van der Waals surface area contributed by atoms with Crippen LogP contribution in [0.2, 0.25) is 0 Å². The highest BCUT2D eigenvalue weighted by atomic mass is 32.1. The number of aromatic nitrogens is 3. The topological polar surface area (TPSA) is 100 Å². The van der Waals surface area contributed by atoms with Crippen molar-refractivity contribution in [2.45, 2.75) is 19.6 Å². The van der Waals surface area contributed by atoms with Gasteiger partial charge in [-0.2, -0.15) is 0 Å². The minimum atomic E-state index is -0.613. The Morgan fingerprint density at radius 3 is 3.00 bits per heavy atom. The van der Waals surface area contributed by atoms with Gasteiger partial charge in [0.2, 0.25) is 5.95 Å². The van der Waals surface area contributed by atoms with E-state index in [-0.39, 0.29) is 12.5 Å². The molecule has 0 saturated heterocycles. The molecule has 0 radical (unpaired) electrons. The number of nitrogens with zero attached hydrogens (tertiary/aromatic N) is 3. The van der Waals surface area contributed by atoms with Crippen molar-refractivity contribution >= 4 is 33.4 Å². The fraction of sp³-hybridized carbons (Fsp3) is 0.250. The van der Waals surface area contributed by atoms with Crippen LogP contribution < -0.4 is 10.6 Å². The Kier molecular flexibility index (Phi) is 4.97. The Labute approximate surface area is 142 Å². The molecule has 124 valence electrons. The molecule has 8 heteroatoms. The molecule has 0 aliphatic heterocycles. The Hall–Kier alpha value is -2.58. The van der Waals surface area contributed by atoms with Crippen LogP contribution in [0.4, 0.5) is 5.95 Å². The maximum atomic E-state index is 12.3. The normalized spacial score (nSPS) is 12.1. The monoisotopic (exact) mass is 343 g/mol. The second kappa shape index (κ2) is 7.33. The molecule has 0 spiro atoms. The van der Waals surface area contributed by atoms with E-state index in [0.717, 1.165) is 10.3 Å². The van der Waals surface area contributed by atoms with Crippen molar-refractivity contribution < 1.29 is 9.90 Å². The van der Waals surface area contributed by atoms with Crippen molar-refractivity contribution in [2.75, 3.05) is 11.9 Å². The summed E-state index contributed by atoms with van der Waals surface area (Å²) >= 11 is 1.41. The highest BCUT2D eigenvalue weighted by Gasteiger charge is 2.16. The van der Waals surface area contributed by atoms with E-state index in [1.807, 2.05) is 23.6 Å². The van der Waals surface area contributed by atoms with Gasteiger partial charge in [0.05, 0.1) is 16.3 Å². The van der Waals surface area contributed by atoms with E-state index in [1.165, 1.54) is 11.3 Å². The van der Waals surface area contributed by atoms with Gasteiger partial charge in [0, 0.05) is 25.5 Å². The SMILES string of the molecule is C[C@H](O)CNC(=O)c1nc(NCc2cccnc2)nc2ccsc12. The zero-order chi connectivity index (χ0) is 16.9. The lowest BCUT2D eigenvalue weighted by Crippen LogP contribution is -2.31. The molecule has 3 rings (SSSR count). The molecule has 0 aromatic carbocycles. The molecule has 1 amide bonds. The quantitative estimate of drug-likeness (QED) is 0.631. The van der Waals surface area contributed by atoms with Gasteiger partial charge in [-0.3, -0.25) is 9.78 Å². The van der Waals surface area contributed by atoms with Gasteiger partial charge in [0.15, 0.2) is 5.69 Å². The number of hydrogen-bond acceptors (Lipinski definition) is 7. The minimum Gasteiger partial charge on any atom is -0.392 e. The van der Waals surface area contributed by atoms with Crippen molar-refractivity contribution in [2.24, 2.45) is 0 Å². The standard InChI is InChI=1S/C16H17N5O2S/c1-10(22)7-18-15(23)13-14-12(4-6-24-14)20-16(21-13)19-9-11-3-2-5-17-8-11/h2-6,8,10,22H,7,9H2,1H3,(H,18,23)(H,19,20,21)/t10-/m0/s1. The number of nitrogens with one attached hydrogen (secondary N) is 2. The summed E-state index contributed by atoms with van der Waals surface area (Å²) in [6.07, 6.45) is 2.85. The average molecular weight is 343 g/mol. The number of fused-ring (bicyclic) bond motifs is 1. The average Bonchev–Trinajstić information content (AvgIpc) is 3.06. The predicted octanol–water partition coefficient (Wildman–Crippen LogP) is 1.81. The van der Waals surface area contributed by atoms with Crippen molar-refractivity contribution in [3.63, 3.8) is 0 Å². The van der Waals surface area contributed by atoms with E-state index in [4.69, 9.17) is 0 Å². The largest absolute Gasteiger partial charge is 0.392 e. The number of carbonyl (C=O) groups is 1. The lowest BCUT2D eigenvalue weighted by molar-refractivity contribution is 0.0921. The molecule has 1 atom stereocenters. The molecule has 3 aromatic rings. The second-order valence-electron chi connectivity index (χ2n) is 5.30. The van der Waals surface area contributed by atoms with E-state index < -0.39 is 6.10 Å². The first-order chi connectivity index (χ1) is 11.6. The smallest absolute Gasteiger partial charge is 0.271 e. The van der Waals surface area contributed by atoms with Gasteiger partial charge >= 0.3 is 0 Å². The number of hydrogen-bond donors (Lipinski definition) is 3. The molecule has 3 aromatic heterocycles. The molecule has 7 nitrogen and oxygen atoms in total. The second-order valence-corrected chi connectivity index (χ2v) is 6.22. The molecule has 0 aliphatic carbocycles. The van der Waals surface area contributed by atoms with Gasteiger partial charge in [0.1, 0.15) is 0 Å². The molecule has 3 heterocycles. The van der Waals surface area contributed by atoms with Crippen LogP contribution in [0.3, 0.4) is 0 Å². The molecule has 0 bridgehead atoms. The fourth-order valence-electron chi connectivity index (χ4n) is 2.10. The summed E-state index contributed by atoms with van der Waals surface area (Å²) in [7, 11) is 0. The molecule has 24 heavy (non-hydrogen) atoms. The third kappa shape index (κ3) is 3.84. The van der Waals surface area contributed by atoms with E-state index in [0.29, 0.717) is 23.7 Å². The molecule has 0 fully saturated rings. The van der Waals surface area contributed by atoms with E-state index >= 15 is 0 Å². The van der Waals surface area contributed by atoms with Gasteiger partial charge in [0.25, 0.3) is 5.91 Å². The van der Waals surface area contributed by atoms with E-state index in [1.54, 1.807) is 19.3 Å². The number of thiophene rings is 1. The Morgan fingerprint density at radius 1 is 1.38 bits per heavy atom. The zero-order valence-electron chi connectivity index (χ0n) is 13.1. The maximum absolute atomic E-state index is 12.3. The first-order valence-corrected chi connectivity index (χ1v) is 8.35. The Bertz CT molecular complexity index is 835. The number of carbonyl (C=O) groups excluding carboxylic acids is 1. The van der Waals surface area contributed by atoms with Crippen molar-refractivity contribution in [3.05, 3.63) is 47.2 Å². The number of anilines is 1. The third-order valence-electron chi connectivity index (χ3n) is 3.25. The van der Waals surface area contributed by atoms with Crippen LogP contribution in [0.25, 0.3) is 10.2 Å². The lowest BCUT2D eigenvalue weighted by atomic mass is 10.3. The van der Waals surface area contributed by atoms with Crippen molar-refractivity contribution in [1.82, 2.24) is 20.3 Å². The van der Waals surface area contributed by atoms with Gasteiger partial charge in [-0.25, -0.2) is 9.97 Å². The van der Waals surface area contributed by atoms with Crippen LogP contribution in [-0.2, 0) is 6.54 Å². The highest BCUT2D eigenvalue weighted by Crippen LogP contribution is 2.23. The van der Waals surface area contributed by atoms with Crippen molar-refractivity contribution in [1.29, 1.82) is 0 Å². The summed E-state index contributed by atoms with van der Waals surface area (Å²) in [6.45, 7) is 2.30. The molecule has 0 aliphatic rings. The first kappa shape index (κ1) is 16.3. The van der Waals surface area contributed by atoms with Crippen LogP contribution in [0.1, 0.15) is 23.0 Å². The highest BCUT2D eigenvalue weighted by molar-refractivity contribution is 7.17. The van der Waals surface area contributed by atoms with E-state index in [2.05, 4.69) is 25.6 Å². The molecular formula is C16H17N5O2S. The number of aliphatic hydroxyl groups excluding tert-OH is 1. The summed E-state index contributed by atoms with van der Waals surface area (Å²) in [4.78, 5) is 25.2. The minimum absolute atomic E-state index is 0.175. The Morgan fingerprint density at radius 2 is 2.25 bits per heavy atom. The molecule has 3 N–H and O–H groups in total. The zero-order valence-corrected chi connectivity index (χ0v) is 13.9. The molecular weight excluding hydrogens is 326 g/mol. The van der Waals surface area contributed by atoms with Gasteiger partial charge in [-0.1, -0.05) is 6.07 Å². The van der Waals surface area contributed by atoms with Crippen LogP contribution in [-0.4, -0.2) is 38.6 Å². The summed E-state index contributed by atoms with van der Waals surface area (Å²) in [5, 5.41) is 17.0. The number of amides is 1. The van der Waals surface area contributed by atoms with Crippen LogP contribution in [0.5, 0.6) is 0 Å². The number of rotatable bonds is 6. The third-order valence-corrected chi connectivity index (χ3v) is 4.16. The van der Waals surface area contributed by atoms with Gasteiger partial charge in [-0.05, 0) is 30.0 Å². The number of aliphatic hydroxyl groups is 1. The molecule has 0 unspecified atom stereocenters. The fourth-order valence-corrected chi connectivity index (χ4v) is 2.92. The Balaban J connectivity index is 1.83. The predicted molar refractivity (Wildman–Crippen MR) is 93.0 cm³/mol. The van der Waals surface area contributed by atoms with E-state index in [9.17, 15) is 9.90 Å². The van der Waals surface area contributed by atoms with Crippen LogP contribution in [0.15, 0.2) is 36.0 Å². The summed E-state index contributed by atoms with van der Waals surface area (Å²) in [5.74, 6) is 0.0575. The summed E-state index contributed by atoms with van der Waals surface area (Å²) in [6, 6.07) is 5.65. The molecule has 0 saturated carbocycles. The summed E-state index contributed by atoms with van der Waals surface area (Å²) in [5.41, 5.74) is 2.02. The van der Waals surface area contributed by atoms with Crippen molar-refractivity contribution in [3.8, 4) is 0 Å². The van der Waals surface area contributed by atoms with Crippen LogP contribution in [0, 0.1) is 0 Å². The first-order valence-electron chi connectivity index (χ1n) is 7.48. The van der Waals surface area contributed by atoms with Crippen LogP contribution >= 0.6 is 11.3 Å². The lowest BCUT2D eigenvalue weighted by Gasteiger charge is -2.09. The van der Waals surface area contributed by atoms with Gasteiger partial charge in [-0.15, -0.1) is 11.3 Å².